The smallest absolute Gasteiger partial charge is 0.262 e. The third-order valence-corrected chi connectivity index (χ3v) is 4.78. The maximum atomic E-state index is 12.7. The molecule has 1 saturated heterocycles. The molecule has 1 aromatic rings. The summed E-state index contributed by atoms with van der Waals surface area (Å²) in [5.74, 6) is -1.54. The van der Waals surface area contributed by atoms with Crippen molar-refractivity contribution in [2.24, 2.45) is 5.73 Å². The molecule has 8 nitrogen and oxygen atoms in total. The van der Waals surface area contributed by atoms with Gasteiger partial charge in [-0.1, -0.05) is 12.8 Å². The van der Waals surface area contributed by atoms with E-state index in [1.54, 1.807) is 18.2 Å². The van der Waals surface area contributed by atoms with Gasteiger partial charge in [0.1, 0.15) is 11.8 Å². The highest BCUT2D eigenvalue weighted by Crippen LogP contribution is 2.30. The first-order valence-electron chi connectivity index (χ1n) is 9.21. The maximum absolute atomic E-state index is 12.7. The minimum Gasteiger partial charge on any atom is -0.494 e. The van der Waals surface area contributed by atoms with Crippen LogP contribution in [0, 0.1) is 0 Å². The number of benzene rings is 1. The molecule has 2 heterocycles. The number of nitrogens with two attached hydrogens (primary N) is 1. The van der Waals surface area contributed by atoms with E-state index >= 15 is 0 Å². The number of imide groups is 2. The molecule has 3 rings (SSSR count). The van der Waals surface area contributed by atoms with Gasteiger partial charge in [-0.3, -0.25) is 29.4 Å². The minimum absolute atomic E-state index is 0. The first-order valence-corrected chi connectivity index (χ1v) is 9.21. The number of unbranched alkanes of at least 4 members (excludes halogenated alkanes) is 3. The fraction of sp³-hybridized carbons (Fsp3) is 0.474. The summed E-state index contributed by atoms with van der Waals surface area (Å²) in [4.78, 5) is 49.6. The van der Waals surface area contributed by atoms with Crippen molar-refractivity contribution in [3.63, 3.8) is 0 Å². The molecule has 1 atom stereocenters. The topological polar surface area (TPSA) is 119 Å². The first kappa shape index (κ1) is 21.8. The molecule has 2 aliphatic rings. The Labute approximate surface area is 169 Å². The fourth-order valence-electron chi connectivity index (χ4n) is 3.33. The van der Waals surface area contributed by atoms with E-state index in [2.05, 4.69) is 5.32 Å². The number of carbonyl (C=O) groups excluding carboxylic acids is 4. The predicted molar refractivity (Wildman–Crippen MR) is 103 cm³/mol. The van der Waals surface area contributed by atoms with E-state index in [4.69, 9.17) is 10.5 Å². The van der Waals surface area contributed by atoms with Crippen LogP contribution in [-0.4, -0.2) is 47.7 Å². The van der Waals surface area contributed by atoms with Crippen molar-refractivity contribution < 1.29 is 23.9 Å². The fourth-order valence-corrected chi connectivity index (χ4v) is 3.33. The van der Waals surface area contributed by atoms with Crippen molar-refractivity contribution in [3.05, 3.63) is 29.3 Å². The van der Waals surface area contributed by atoms with Crippen molar-refractivity contribution in [1.29, 1.82) is 0 Å². The molecule has 0 aromatic heterocycles. The Balaban J connectivity index is 0.00000280. The predicted octanol–water partition coefficient (Wildman–Crippen LogP) is 1.41. The SMILES string of the molecule is Cl.NCCCCCCOc1ccc2c(c1)C(=O)N(C1CCC(=O)NC1=O)C2=O. The number of hydrogen-bond acceptors (Lipinski definition) is 6. The maximum Gasteiger partial charge on any atom is 0.262 e. The van der Waals surface area contributed by atoms with Crippen LogP contribution < -0.4 is 15.8 Å². The van der Waals surface area contributed by atoms with Crippen LogP contribution in [0.1, 0.15) is 59.2 Å². The largest absolute Gasteiger partial charge is 0.494 e. The molecule has 0 bridgehead atoms. The second kappa shape index (κ2) is 9.66. The molecule has 3 N–H and O–H groups in total. The molecule has 1 unspecified atom stereocenters. The zero-order valence-electron chi connectivity index (χ0n) is 15.4. The molecule has 0 radical (unpaired) electrons. The van der Waals surface area contributed by atoms with Gasteiger partial charge >= 0.3 is 0 Å². The van der Waals surface area contributed by atoms with Crippen LogP contribution in [0.25, 0.3) is 0 Å². The highest BCUT2D eigenvalue weighted by atomic mass is 35.5. The zero-order chi connectivity index (χ0) is 19.4. The molecular formula is C19H24ClN3O5. The summed E-state index contributed by atoms with van der Waals surface area (Å²) >= 11 is 0. The number of nitrogens with zero attached hydrogens (tertiary/aromatic N) is 1. The Kier molecular flexibility index (Phi) is 7.53. The molecule has 0 saturated carbocycles. The number of carbonyl (C=O) groups is 4. The van der Waals surface area contributed by atoms with E-state index < -0.39 is 29.7 Å². The molecule has 2 aliphatic heterocycles. The quantitative estimate of drug-likeness (QED) is 0.495. The number of nitrogens with one attached hydrogen (secondary N) is 1. The number of halogens is 1. The summed E-state index contributed by atoms with van der Waals surface area (Å²) < 4.78 is 5.67. The molecule has 0 spiro atoms. The number of fused-ring (bicyclic) bond motifs is 1. The lowest BCUT2D eigenvalue weighted by atomic mass is 10.0. The van der Waals surface area contributed by atoms with Gasteiger partial charge in [0.2, 0.25) is 11.8 Å². The van der Waals surface area contributed by atoms with Crippen molar-refractivity contribution in [2.75, 3.05) is 13.2 Å². The van der Waals surface area contributed by atoms with E-state index in [9.17, 15) is 19.2 Å². The standard InChI is InChI=1S/C19H23N3O5.ClH/c20-9-3-1-2-4-10-27-12-5-6-13-14(11-12)19(26)22(18(13)25)15-7-8-16(23)21-17(15)24;/h5-6,11,15H,1-4,7-10,20H2,(H,21,23,24);1H. The van der Waals surface area contributed by atoms with Crippen molar-refractivity contribution in [3.8, 4) is 5.75 Å². The third kappa shape index (κ3) is 4.51. The number of ether oxygens (including phenoxy) is 1. The minimum atomic E-state index is -0.956. The summed E-state index contributed by atoms with van der Waals surface area (Å²) in [5.41, 5.74) is 5.93. The number of rotatable bonds is 8. The molecular weight excluding hydrogens is 386 g/mol. The van der Waals surface area contributed by atoms with Crippen LogP contribution in [0.2, 0.25) is 0 Å². The average Bonchev–Trinajstić information content (AvgIpc) is 2.89. The van der Waals surface area contributed by atoms with Gasteiger partial charge in [-0.05, 0) is 44.0 Å². The summed E-state index contributed by atoms with van der Waals surface area (Å²) in [5, 5.41) is 2.18. The van der Waals surface area contributed by atoms with Gasteiger partial charge in [-0.15, -0.1) is 12.4 Å². The third-order valence-electron chi connectivity index (χ3n) is 4.78. The van der Waals surface area contributed by atoms with E-state index in [1.165, 1.54) is 0 Å². The van der Waals surface area contributed by atoms with Gasteiger partial charge in [-0.2, -0.15) is 0 Å². The molecule has 0 aliphatic carbocycles. The lowest BCUT2D eigenvalue weighted by Crippen LogP contribution is -2.54. The summed E-state index contributed by atoms with van der Waals surface area (Å²) in [6, 6.07) is 3.78. The highest BCUT2D eigenvalue weighted by Gasteiger charge is 2.44. The van der Waals surface area contributed by atoms with Crippen molar-refractivity contribution in [1.82, 2.24) is 10.2 Å². The van der Waals surface area contributed by atoms with Gasteiger partial charge in [0.15, 0.2) is 0 Å². The Morgan fingerprint density at radius 2 is 1.75 bits per heavy atom. The van der Waals surface area contributed by atoms with Gasteiger partial charge < -0.3 is 10.5 Å². The van der Waals surface area contributed by atoms with Crippen LogP contribution in [0.4, 0.5) is 0 Å². The lowest BCUT2D eigenvalue weighted by molar-refractivity contribution is -0.136. The zero-order valence-corrected chi connectivity index (χ0v) is 16.3. The molecule has 9 heteroatoms. The Hall–Kier alpha value is -2.45. The van der Waals surface area contributed by atoms with Crippen LogP contribution in [0.3, 0.4) is 0 Å². The van der Waals surface area contributed by atoms with Gasteiger partial charge in [0.05, 0.1) is 17.7 Å². The molecule has 1 aromatic carbocycles. The van der Waals surface area contributed by atoms with Gasteiger partial charge in [-0.25, -0.2) is 0 Å². The summed E-state index contributed by atoms with van der Waals surface area (Å²) in [6.07, 6.45) is 4.18. The summed E-state index contributed by atoms with van der Waals surface area (Å²) in [6.45, 7) is 1.20. The molecule has 1 fully saturated rings. The number of amides is 4. The van der Waals surface area contributed by atoms with Gasteiger partial charge in [0.25, 0.3) is 11.8 Å². The molecule has 152 valence electrons. The van der Waals surface area contributed by atoms with Crippen LogP contribution >= 0.6 is 12.4 Å². The van der Waals surface area contributed by atoms with E-state index in [-0.39, 0.29) is 36.4 Å². The lowest BCUT2D eigenvalue weighted by Gasteiger charge is -2.27. The highest BCUT2D eigenvalue weighted by molar-refractivity contribution is 6.23. The first-order chi connectivity index (χ1) is 13.0. The van der Waals surface area contributed by atoms with Crippen molar-refractivity contribution in [2.45, 2.75) is 44.6 Å². The number of piperidine rings is 1. The van der Waals surface area contributed by atoms with Crippen molar-refractivity contribution >= 4 is 36.0 Å². The Morgan fingerprint density at radius 1 is 1.04 bits per heavy atom. The van der Waals surface area contributed by atoms with Gasteiger partial charge in [0, 0.05) is 6.42 Å². The van der Waals surface area contributed by atoms with Crippen LogP contribution in [-0.2, 0) is 9.59 Å². The average molecular weight is 410 g/mol. The van der Waals surface area contributed by atoms with Crippen LogP contribution in [0.15, 0.2) is 18.2 Å². The van der Waals surface area contributed by atoms with Crippen LogP contribution in [0.5, 0.6) is 5.75 Å². The summed E-state index contributed by atoms with van der Waals surface area (Å²) in [7, 11) is 0. The van der Waals surface area contributed by atoms with E-state index in [1.807, 2.05) is 0 Å². The Bertz CT molecular complexity index is 783. The number of hydrogen-bond donors (Lipinski definition) is 2. The molecule has 28 heavy (non-hydrogen) atoms. The second-order valence-corrected chi connectivity index (χ2v) is 6.71. The monoisotopic (exact) mass is 409 g/mol. The Morgan fingerprint density at radius 3 is 2.46 bits per heavy atom. The molecule has 4 amide bonds. The normalized spacial score (nSPS) is 18.6. The van der Waals surface area contributed by atoms with E-state index in [0.717, 1.165) is 30.6 Å². The second-order valence-electron chi connectivity index (χ2n) is 6.71. The van der Waals surface area contributed by atoms with E-state index in [0.29, 0.717) is 18.9 Å².